The molecular weight excluding hydrogens is 350 g/mol. The quantitative estimate of drug-likeness (QED) is 0.796. The smallest absolute Gasteiger partial charge is 0.312 e. The molecule has 1 aliphatic rings. The maximum atomic E-state index is 12.8. The minimum atomic E-state index is -0.574. The number of hydrogen-bond donors (Lipinski definition) is 1. The second-order valence-electron chi connectivity index (χ2n) is 6.88. The van der Waals surface area contributed by atoms with Crippen LogP contribution in [0.1, 0.15) is 54.2 Å². The number of carbonyl (C=O) groups is 3. The van der Waals surface area contributed by atoms with E-state index < -0.39 is 11.8 Å². The first kappa shape index (κ1) is 20.4. The van der Waals surface area contributed by atoms with Crippen molar-refractivity contribution in [1.29, 1.82) is 0 Å². The lowest BCUT2D eigenvalue weighted by Crippen LogP contribution is -2.54. The molecule has 3 amide bonds. The topological polar surface area (TPSA) is 69.7 Å². The largest absolute Gasteiger partial charge is 0.346 e. The highest BCUT2D eigenvalue weighted by molar-refractivity contribution is 7.14. The number of piperazine rings is 1. The first-order chi connectivity index (χ1) is 12.4. The van der Waals surface area contributed by atoms with Gasteiger partial charge in [-0.1, -0.05) is 20.3 Å². The molecule has 1 saturated heterocycles. The zero-order valence-corrected chi connectivity index (χ0v) is 16.9. The first-order valence-corrected chi connectivity index (χ1v) is 10.2. The van der Waals surface area contributed by atoms with Crippen LogP contribution in [0.3, 0.4) is 0 Å². The summed E-state index contributed by atoms with van der Waals surface area (Å²) >= 11 is 1.59. The summed E-state index contributed by atoms with van der Waals surface area (Å²) in [5.74, 6) is -1.05. The van der Waals surface area contributed by atoms with Gasteiger partial charge in [0, 0.05) is 37.1 Å². The van der Waals surface area contributed by atoms with Crippen LogP contribution in [-0.4, -0.2) is 59.7 Å². The molecule has 7 heteroatoms. The lowest BCUT2D eigenvalue weighted by atomic mass is 10.1. The summed E-state index contributed by atoms with van der Waals surface area (Å²) in [6, 6.07) is 1.95. The third-order valence-corrected chi connectivity index (χ3v) is 5.66. The number of aryl methyl sites for hydroxylation is 2. The van der Waals surface area contributed by atoms with Crippen LogP contribution >= 0.6 is 11.3 Å². The summed E-state index contributed by atoms with van der Waals surface area (Å²) in [6.07, 6.45) is 3.01. The molecule has 0 radical (unpaired) electrons. The van der Waals surface area contributed by atoms with Gasteiger partial charge in [0.1, 0.15) is 0 Å². The Hall–Kier alpha value is -1.89. The number of hydrogen-bond acceptors (Lipinski definition) is 4. The van der Waals surface area contributed by atoms with Crippen molar-refractivity contribution in [3.05, 3.63) is 21.4 Å². The van der Waals surface area contributed by atoms with Crippen molar-refractivity contribution in [2.75, 3.05) is 26.2 Å². The highest BCUT2D eigenvalue weighted by Crippen LogP contribution is 2.26. The number of thiophene rings is 1. The van der Waals surface area contributed by atoms with Gasteiger partial charge in [-0.25, -0.2) is 0 Å². The molecule has 0 aliphatic carbocycles. The van der Waals surface area contributed by atoms with E-state index in [1.54, 1.807) is 16.2 Å². The zero-order valence-electron chi connectivity index (χ0n) is 16.1. The molecule has 144 valence electrons. The lowest BCUT2D eigenvalue weighted by Gasteiger charge is -2.34. The van der Waals surface area contributed by atoms with Crippen molar-refractivity contribution < 1.29 is 14.4 Å². The van der Waals surface area contributed by atoms with Crippen molar-refractivity contribution in [3.63, 3.8) is 0 Å². The third-order valence-electron chi connectivity index (χ3n) is 4.43. The van der Waals surface area contributed by atoms with E-state index in [9.17, 15) is 14.4 Å². The maximum Gasteiger partial charge on any atom is 0.312 e. The Bertz CT molecular complexity index is 661. The van der Waals surface area contributed by atoms with E-state index in [0.29, 0.717) is 26.2 Å². The van der Waals surface area contributed by atoms with Crippen molar-refractivity contribution in [2.24, 2.45) is 0 Å². The Morgan fingerprint density at radius 1 is 1.12 bits per heavy atom. The molecule has 1 N–H and O–H groups in total. The fourth-order valence-electron chi connectivity index (χ4n) is 3.05. The van der Waals surface area contributed by atoms with Crippen LogP contribution in [0.5, 0.6) is 0 Å². The van der Waals surface area contributed by atoms with Gasteiger partial charge in [0.25, 0.3) is 5.91 Å². The van der Waals surface area contributed by atoms with Crippen LogP contribution in [-0.2, 0) is 22.4 Å². The second-order valence-corrected chi connectivity index (χ2v) is 8.01. The Morgan fingerprint density at radius 2 is 1.73 bits per heavy atom. The van der Waals surface area contributed by atoms with E-state index in [1.807, 2.05) is 19.9 Å². The van der Waals surface area contributed by atoms with Crippen LogP contribution in [0, 0.1) is 0 Å². The van der Waals surface area contributed by atoms with Crippen molar-refractivity contribution >= 4 is 29.1 Å². The Balaban J connectivity index is 1.96. The zero-order chi connectivity index (χ0) is 19.3. The van der Waals surface area contributed by atoms with Gasteiger partial charge in [-0.2, -0.15) is 0 Å². The SMILES string of the molecule is CCCc1sc(C(=O)N2CCN(C(=O)C(=O)NC(C)C)CC2)cc1CC. The second kappa shape index (κ2) is 9.16. The number of rotatable bonds is 5. The van der Waals surface area contributed by atoms with Gasteiger partial charge in [-0.3, -0.25) is 14.4 Å². The molecule has 1 aliphatic heterocycles. The molecule has 1 aromatic heterocycles. The van der Waals surface area contributed by atoms with E-state index in [-0.39, 0.29) is 11.9 Å². The molecule has 6 nitrogen and oxygen atoms in total. The molecule has 2 heterocycles. The lowest BCUT2D eigenvalue weighted by molar-refractivity contribution is -0.147. The first-order valence-electron chi connectivity index (χ1n) is 9.37. The average Bonchev–Trinajstić information content (AvgIpc) is 3.03. The van der Waals surface area contributed by atoms with Gasteiger partial charge >= 0.3 is 11.8 Å². The van der Waals surface area contributed by atoms with Gasteiger partial charge in [0.2, 0.25) is 0 Å². The van der Waals surface area contributed by atoms with Crippen LogP contribution in [0.4, 0.5) is 0 Å². The molecule has 0 unspecified atom stereocenters. The molecule has 0 atom stereocenters. The summed E-state index contributed by atoms with van der Waals surface area (Å²) in [4.78, 5) is 42.2. The van der Waals surface area contributed by atoms with E-state index in [4.69, 9.17) is 0 Å². The standard InChI is InChI=1S/C19H29N3O3S/c1-5-7-15-14(6-2)12-16(26-15)18(24)21-8-10-22(11-9-21)19(25)17(23)20-13(3)4/h12-13H,5-11H2,1-4H3,(H,20,23). The van der Waals surface area contributed by atoms with Crippen molar-refractivity contribution in [2.45, 2.75) is 53.0 Å². The Labute approximate surface area is 159 Å². The number of amides is 3. The predicted molar refractivity (Wildman–Crippen MR) is 103 cm³/mol. The van der Waals surface area contributed by atoms with Gasteiger partial charge in [-0.05, 0) is 38.3 Å². The van der Waals surface area contributed by atoms with Gasteiger partial charge in [-0.15, -0.1) is 11.3 Å². The molecule has 26 heavy (non-hydrogen) atoms. The van der Waals surface area contributed by atoms with Crippen molar-refractivity contribution in [1.82, 2.24) is 15.1 Å². The van der Waals surface area contributed by atoms with E-state index in [1.165, 1.54) is 15.3 Å². The van der Waals surface area contributed by atoms with Crippen LogP contribution < -0.4 is 5.32 Å². The van der Waals surface area contributed by atoms with Crippen LogP contribution in [0.15, 0.2) is 6.07 Å². The normalized spacial score (nSPS) is 14.7. The summed E-state index contributed by atoms with van der Waals surface area (Å²) in [5, 5.41) is 2.62. The minimum Gasteiger partial charge on any atom is -0.346 e. The van der Waals surface area contributed by atoms with Crippen molar-refractivity contribution in [3.8, 4) is 0 Å². The summed E-state index contributed by atoms with van der Waals surface area (Å²) in [6.45, 7) is 9.60. The fraction of sp³-hybridized carbons (Fsp3) is 0.632. The van der Waals surface area contributed by atoms with Gasteiger partial charge < -0.3 is 15.1 Å². The molecule has 0 aromatic carbocycles. The molecule has 1 fully saturated rings. The summed E-state index contributed by atoms with van der Waals surface area (Å²) < 4.78 is 0. The molecule has 0 saturated carbocycles. The van der Waals surface area contributed by atoms with Crippen LogP contribution in [0.25, 0.3) is 0 Å². The Kier molecular flexibility index (Phi) is 7.20. The third kappa shape index (κ3) is 4.84. The molecule has 1 aromatic rings. The summed E-state index contributed by atoms with van der Waals surface area (Å²) in [7, 11) is 0. The predicted octanol–water partition coefficient (Wildman–Crippen LogP) is 2.07. The van der Waals surface area contributed by atoms with Gasteiger partial charge in [0.05, 0.1) is 4.88 Å². The molecular formula is C19H29N3O3S. The van der Waals surface area contributed by atoms with Crippen LogP contribution in [0.2, 0.25) is 0 Å². The molecule has 0 spiro atoms. The van der Waals surface area contributed by atoms with E-state index in [0.717, 1.165) is 24.1 Å². The fourth-order valence-corrected chi connectivity index (χ4v) is 4.37. The molecule has 2 rings (SSSR count). The van der Waals surface area contributed by atoms with E-state index >= 15 is 0 Å². The Morgan fingerprint density at radius 3 is 2.27 bits per heavy atom. The maximum absolute atomic E-state index is 12.8. The van der Waals surface area contributed by atoms with Gasteiger partial charge in [0.15, 0.2) is 0 Å². The number of nitrogens with one attached hydrogen (secondary N) is 1. The highest BCUT2D eigenvalue weighted by atomic mass is 32.1. The monoisotopic (exact) mass is 379 g/mol. The highest BCUT2D eigenvalue weighted by Gasteiger charge is 2.29. The van der Waals surface area contributed by atoms with E-state index in [2.05, 4.69) is 19.2 Å². The minimum absolute atomic E-state index is 0.0331. The number of nitrogens with zero attached hydrogens (tertiary/aromatic N) is 2. The average molecular weight is 380 g/mol. The molecule has 0 bridgehead atoms. The summed E-state index contributed by atoms with van der Waals surface area (Å²) in [5.41, 5.74) is 1.26. The number of carbonyl (C=O) groups excluding carboxylic acids is 3.